The van der Waals surface area contributed by atoms with Gasteiger partial charge in [-0.2, -0.15) is 15.6 Å². The quantitative estimate of drug-likeness (QED) is 0.522. The zero-order chi connectivity index (χ0) is 19.7. The highest BCUT2D eigenvalue weighted by Gasteiger charge is 2.17. The predicted molar refractivity (Wildman–Crippen MR) is 110 cm³/mol. The van der Waals surface area contributed by atoms with E-state index in [2.05, 4.69) is 43.1 Å². The average molecular weight is 365 g/mol. The molecule has 4 rings (SSSR count). The molecule has 0 unspecified atom stereocenters. The number of fused-ring (bicyclic) bond motifs is 3. The lowest BCUT2D eigenvalue weighted by Crippen LogP contribution is -1.98. The van der Waals surface area contributed by atoms with Crippen LogP contribution in [0.1, 0.15) is 30.5 Å². The SMILES string of the molecule is CCc1cc2ncc3c(c(-c4ccc(C#N)cc4)nn3CC#N)c2cc1CC. The van der Waals surface area contributed by atoms with Crippen LogP contribution >= 0.6 is 0 Å². The summed E-state index contributed by atoms with van der Waals surface area (Å²) in [5.41, 5.74) is 6.75. The van der Waals surface area contributed by atoms with Crippen LogP contribution in [-0.2, 0) is 19.4 Å². The van der Waals surface area contributed by atoms with Gasteiger partial charge < -0.3 is 0 Å². The van der Waals surface area contributed by atoms with Crippen molar-refractivity contribution >= 4 is 21.8 Å². The van der Waals surface area contributed by atoms with Crippen molar-refractivity contribution in [1.82, 2.24) is 14.8 Å². The monoisotopic (exact) mass is 365 g/mol. The summed E-state index contributed by atoms with van der Waals surface area (Å²) in [5, 5.41) is 25.1. The number of aryl methyl sites for hydroxylation is 2. The third-order valence-electron chi connectivity index (χ3n) is 5.17. The third kappa shape index (κ3) is 2.78. The Labute approximate surface area is 163 Å². The van der Waals surface area contributed by atoms with Crippen molar-refractivity contribution < 1.29 is 0 Å². The van der Waals surface area contributed by atoms with Gasteiger partial charge in [-0.3, -0.25) is 4.98 Å². The highest BCUT2D eigenvalue weighted by molar-refractivity contribution is 6.11. The summed E-state index contributed by atoms with van der Waals surface area (Å²) in [7, 11) is 0. The molecule has 5 nitrogen and oxygen atoms in total. The third-order valence-corrected chi connectivity index (χ3v) is 5.17. The molecular formula is C23H19N5. The number of pyridine rings is 1. The molecule has 0 aliphatic carbocycles. The van der Waals surface area contributed by atoms with E-state index in [0.717, 1.165) is 45.9 Å². The first-order valence-corrected chi connectivity index (χ1v) is 9.38. The molecule has 0 aliphatic heterocycles. The van der Waals surface area contributed by atoms with Crippen molar-refractivity contribution in [3.05, 3.63) is 59.3 Å². The van der Waals surface area contributed by atoms with Crippen LogP contribution in [0.25, 0.3) is 33.1 Å². The molecular weight excluding hydrogens is 346 g/mol. The zero-order valence-corrected chi connectivity index (χ0v) is 15.9. The second-order valence-corrected chi connectivity index (χ2v) is 6.72. The van der Waals surface area contributed by atoms with E-state index >= 15 is 0 Å². The van der Waals surface area contributed by atoms with E-state index in [1.54, 1.807) is 23.0 Å². The molecule has 5 heteroatoms. The van der Waals surface area contributed by atoms with Gasteiger partial charge in [0.05, 0.1) is 34.9 Å². The van der Waals surface area contributed by atoms with Crippen LogP contribution in [0.3, 0.4) is 0 Å². The standard InChI is InChI=1S/C23H19N5/c1-3-16-11-19-20(12-17(16)4-2)26-14-21-22(19)23(27-28(21)10-9-24)18-7-5-15(13-25)6-8-18/h5-8,11-12,14H,3-4,10H2,1-2H3. The molecule has 0 aliphatic rings. The van der Waals surface area contributed by atoms with Gasteiger partial charge in [-0.15, -0.1) is 0 Å². The van der Waals surface area contributed by atoms with Crippen LogP contribution in [0.15, 0.2) is 42.6 Å². The largest absolute Gasteiger partial charge is 0.254 e. The highest BCUT2D eigenvalue weighted by atomic mass is 15.3. The number of nitrogens with zero attached hydrogens (tertiary/aromatic N) is 5. The summed E-state index contributed by atoms with van der Waals surface area (Å²) >= 11 is 0. The second-order valence-electron chi connectivity index (χ2n) is 6.72. The fourth-order valence-corrected chi connectivity index (χ4v) is 3.74. The van der Waals surface area contributed by atoms with Gasteiger partial charge >= 0.3 is 0 Å². The predicted octanol–water partition coefficient (Wildman–Crippen LogP) is 4.77. The van der Waals surface area contributed by atoms with Crippen molar-refractivity contribution in [2.24, 2.45) is 0 Å². The van der Waals surface area contributed by atoms with Crippen molar-refractivity contribution in [3.63, 3.8) is 0 Å². The minimum atomic E-state index is 0.160. The van der Waals surface area contributed by atoms with Gasteiger partial charge in [-0.25, -0.2) is 4.68 Å². The lowest BCUT2D eigenvalue weighted by Gasteiger charge is -2.09. The minimum Gasteiger partial charge on any atom is -0.254 e. The topological polar surface area (TPSA) is 78.3 Å². The normalized spacial score (nSPS) is 10.9. The molecule has 0 spiro atoms. The second kappa shape index (κ2) is 7.13. The van der Waals surface area contributed by atoms with Gasteiger partial charge in [-0.05, 0) is 48.2 Å². The molecule has 2 aromatic heterocycles. The van der Waals surface area contributed by atoms with E-state index in [0.29, 0.717) is 5.56 Å². The molecule has 28 heavy (non-hydrogen) atoms. The number of aromatic nitrogens is 3. The number of hydrogen-bond acceptors (Lipinski definition) is 4. The minimum absolute atomic E-state index is 0.160. The lowest BCUT2D eigenvalue weighted by atomic mass is 9.97. The van der Waals surface area contributed by atoms with Gasteiger partial charge in [0.15, 0.2) is 0 Å². The summed E-state index contributed by atoms with van der Waals surface area (Å²) in [6.45, 7) is 4.48. The Morgan fingerprint density at radius 1 is 1.00 bits per heavy atom. The summed E-state index contributed by atoms with van der Waals surface area (Å²) in [5.74, 6) is 0. The number of nitriles is 2. The maximum Gasteiger partial charge on any atom is 0.128 e. The Kier molecular flexibility index (Phi) is 4.51. The molecule has 0 saturated heterocycles. The molecule has 0 bridgehead atoms. The Bertz CT molecular complexity index is 1270. The first-order valence-electron chi connectivity index (χ1n) is 9.38. The summed E-state index contributed by atoms with van der Waals surface area (Å²) in [6.07, 6.45) is 3.73. The Hall–Kier alpha value is -3.70. The molecule has 0 N–H and O–H groups in total. The molecule has 0 atom stereocenters. The molecule has 2 aromatic carbocycles. The van der Waals surface area contributed by atoms with Crippen LogP contribution in [0.4, 0.5) is 0 Å². The maximum atomic E-state index is 9.22. The maximum absolute atomic E-state index is 9.22. The molecule has 4 aromatic rings. The molecule has 2 heterocycles. The van der Waals surface area contributed by atoms with Gasteiger partial charge in [0.2, 0.25) is 0 Å². The van der Waals surface area contributed by atoms with Crippen LogP contribution < -0.4 is 0 Å². The number of hydrogen-bond donors (Lipinski definition) is 0. The Balaban J connectivity index is 2.09. The van der Waals surface area contributed by atoms with Crippen molar-refractivity contribution in [2.75, 3.05) is 0 Å². The van der Waals surface area contributed by atoms with E-state index in [1.807, 2.05) is 12.1 Å². The van der Waals surface area contributed by atoms with E-state index < -0.39 is 0 Å². The number of rotatable bonds is 4. The van der Waals surface area contributed by atoms with Gasteiger partial charge in [0.1, 0.15) is 12.2 Å². The molecule has 0 amide bonds. The summed E-state index contributed by atoms with van der Waals surface area (Å²) in [6, 6.07) is 16.1. The zero-order valence-electron chi connectivity index (χ0n) is 15.9. The smallest absolute Gasteiger partial charge is 0.128 e. The Morgan fingerprint density at radius 2 is 1.71 bits per heavy atom. The van der Waals surface area contributed by atoms with E-state index in [4.69, 9.17) is 10.4 Å². The molecule has 0 saturated carbocycles. The van der Waals surface area contributed by atoms with E-state index in [-0.39, 0.29) is 6.54 Å². The summed E-state index contributed by atoms with van der Waals surface area (Å²) in [4.78, 5) is 4.66. The number of benzene rings is 2. The fourth-order valence-electron chi connectivity index (χ4n) is 3.74. The van der Waals surface area contributed by atoms with Crippen molar-refractivity contribution in [1.29, 1.82) is 10.5 Å². The average Bonchev–Trinajstić information content (AvgIpc) is 3.11. The van der Waals surface area contributed by atoms with E-state index in [1.165, 1.54) is 11.1 Å². The van der Waals surface area contributed by atoms with Crippen molar-refractivity contribution in [2.45, 2.75) is 33.2 Å². The van der Waals surface area contributed by atoms with Crippen molar-refractivity contribution in [3.8, 4) is 23.4 Å². The molecule has 0 fully saturated rings. The first kappa shape index (κ1) is 17.7. The summed E-state index contributed by atoms with van der Waals surface area (Å²) < 4.78 is 1.70. The lowest BCUT2D eigenvalue weighted by molar-refractivity contribution is 0.738. The Morgan fingerprint density at radius 3 is 2.36 bits per heavy atom. The van der Waals surface area contributed by atoms with Gasteiger partial charge in [-0.1, -0.05) is 26.0 Å². The van der Waals surface area contributed by atoms with Gasteiger partial charge in [0.25, 0.3) is 0 Å². The van der Waals surface area contributed by atoms with Crippen LogP contribution in [0, 0.1) is 22.7 Å². The van der Waals surface area contributed by atoms with Gasteiger partial charge in [0, 0.05) is 16.3 Å². The fraction of sp³-hybridized carbons (Fsp3) is 0.217. The first-order chi connectivity index (χ1) is 13.7. The molecule has 0 radical (unpaired) electrons. The van der Waals surface area contributed by atoms with Crippen LogP contribution in [-0.4, -0.2) is 14.8 Å². The van der Waals surface area contributed by atoms with Crippen LogP contribution in [0.2, 0.25) is 0 Å². The van der Waals surface area contributed by atoms with E-state index in [9.17, 15) is 5.26 Å². The molecule has 136 valence electrons. The highest BCUT2D eigenvalue weighted by Crippen LogP contribution is 2.34. The van der Waals surface area contributed by atoms with Crippen LogP contribution in [0.5, 0.6) is 0 Å².